The number of amides is 2. The molecule has 1 N–H and O–H groups in total. The molecule has 2 saturated carbocycles. The predicted octanol–water partition coefficient (Wildman–Crippen LogP) is 2.90. The molecule has 2 amide bonds. The van der Waals surface area contributed by atoms with Crippen molar-refractivity contribution in [1.29, 1.82) is 0 Å². The van der Waals surface area contributed by atoms with Crippen molar-refractivity contribution in [2.45, 2.75) is 55.8 Å². The average Bonchev–Trinajstić information content (AvgIpc) is 3.17. The van der Waals surface area contributed by atoms with Gasteiger partial charge in [0.25, 0.3) is 0 Å². The first-order chi connectivity index (χ1) is 17.6. The molecule has 1 spiro atoms. The third-order valence-corrected chi connectivity index (χ3v) is 9.05. The highest BCUT2D eigenvalue weighted by Gasteiger charge is 2.56. The maximum absolute atomic E-state index is 13.0. The van der Waals surface area contributed by atoms with Gasteiger partial charge in [0.15, 0.2) is 5.82 Å². The molecular weight excluding hydrogens is 487 g/mol. The van der Waals surface area contributed by atoms with E-state index in [9.17, 15) is 23.1 Å². The van der Waals surface area contributed by atoms with Crippen molar-refractivity contribution in [3.8, 4) is 0 Å². The van der Waals surface area contributed by atoms with Crippen LogP contribution < -0.4 is 4.90 Å². The molecule has 2 aromatic heterocycles. The third kappa shape index (κ3) is 3.95. The maximum atomic E-state index is 13.0. The number of carbonyl (C=O) groups is 1. The minimum absolute atomic E-state index is 0.0388. The lowest BCUT2D eigenvalue weighted by atomic mass is 9.61. The zero-order valence-corrected chi connectivity index (χ0v) is 20.4. The summed E-state index contributed by atoms with van der Waals surface area (Å²) in [5.41, 5.74) is 0.380. The van der Waals surface area contributed by atoms with Gasteiger partial charge in [-0.15, -0.1) is 0 Å². The summed E-state index contributed by atoms with van der Waals surface area (Å²) in [5.74, 6) is 0.0291. The van der Waals surface area contributed by atoms with Gasteiger partial charge < -0.3 is 19.8 Å². The number of hydrogen-bond donors (Lipinski definition) is 1. The van der Waals surface area contributed by atoms with Gasteiger partial charge in [0, 0.05) is 56.8 Å². The molecule has 1 atom stereocenters. The summed E-state index contributed by atoms with van der Waals surface area (Å²) >= 11 is 0. The molecule has 1 unspecified atom stereocenters. The second-order valence-corrected chi connectivity index (χ2v) is 11.8. The normalized spacial score (nSPS) is 26.7. The number of aromatic nitrogens is 4. The molecule has 0 aromatic carbocycles. The van der Waals surface area contributed by atoms with Crippen molar-refractivity contribution in [3.05, 3.63) is 36.0 Å². The summed E-state index contributed by atoms with van der Waals surface area (Å²) in [5, 5.41) is 14.7. The van der Waals surface area contributed by atoms with E-state index < -0.39 is 17.7 Å². The molecule has 9 nitrogen and oxygen atoms in total. The number of nitrogens with zero attached hydrogens (tertiary/aromatic N) is 7. The van der Waals surface area contributed by atoms with Gasteiger partial charge in [0.1, 0.15) is 17.7 Å². The summed E-state index contributed by atoms with van der Waals surface area (Å²) in [6, 6.07) is 4.09. The van der Waals surface area contributed by atoms with Crippen LogP contribution in [0.15, 0.2) is 24.7 Å². The first-order valence-electron chi connectivity index (χ1n) is 13.1. The van der Waals surface area contributed by atoms with Crippen LogP contribution in [0, 0.1) is 11.3 Å². The van der Waals surface area contributed by atoms with Crippen molar-refractivity contribution < 1.29 is 23.1 Å². The van der Waals surface area contributed by atoms with E-state index in [4.69, 9.17) is 0 Å². The fourth-order valence-electron chi connectivity index (χ4n) is 6.40. The number of halogens is 3. The molecule has 5 aliphatic rings. The van der Waals surface area contributed by atoms with Crippen molar-refractivity contribution in [1.82, 2.24) is 29.5 Å². The van der Waals surface area contributed by atoms with Crippen LogP contribution in [0.1, 0.15) is 55.5 Å². The first kappa shape index (κ1) is 23.2. The Hall–Kier alpha value is -2.89. The van der Waals surface area contributed by atoms with Gasteiger partial charge in [-0.05, 0) is 43.7 Å². The number of urea groups is 1. The number of likely N-dealkylation sites (tertiary alicyclic amines) is 2. The lowest BCUT2D eigenvalue weighted by molar-refractivity contribution is -0.168. The fraction of sp³-hybridized carbons (Fsp3) is 0.680. The van der Waals surface area contributed by atoms with Gasteiger partial charge in [-0.3, -0.25) is 0 Å². The third-order valence-electron chi connectivity index (χ3n) is 9.05. The van der Waals surface area contributed by atoms with E-state index in [2.05, 4.69) is 15.1 Å². The summed E-state index contributed by atoms with van der Waals surface area (Å²) in [6.07, 6.45) is 2.81. The second-order valence-electron chi connectivity index (χ2n) is 11.8. The lowest BCUT2D eigenvalue weighted by Gasteiger charge is -2.60. The van der Waals surface area contributed by atoms with Crippen molar-refractivity contribution in [2.24, 2.45) is 11.3 Å². The Morgan fingerprint density at radius 2 is 1.81 bits per heavy atom. The predicted molar refractivity (Wildman–Crippen MR) is 126 cm³/mol. The highest BCUT2D eigenvalue weighted by Crippen LogP contribution is 2.54. The Labute approximate surface area is 212 Å². The summed E-state index contributed by atoms with van der Waals surface area (Å²) in [6.45, 7) is 3.12. The van der Waals surface area contributed by atoms with E-state index >= 15 is 0 Å². The molecule has 7 rings (SSSR count). The smallest absolute Gasteiger partial charge is 0.382 e. The number of rotatable bonds is 4. The van der Waals surface area contributed by atoms with Crippen molar-refractivity contribution in [2.75, 3.05) is 44.2 Å². The monoisotopic (exact) mass is 517 g/mol. The largest absolute Gasteiger partial charge is 0.393 e. The van der Waals surface area contributed by atoms with Crippen LogP contribution in [0.4, 0.5) is 23.8 Å². The molecule has 2 aliphatic carbocycles. The standard InChI is InChI=1S/C25H30F3N7O2/c26-25(27,28)18-3-6-32(12-18)20-2-1-16(9-29-20)17-10-33(11-17)22(36)34-13-23(14-34)7-19(8-23)35-15-30-21(31-35)24(37)4-5-24/h1-2,9,15,17-19,37H,3-8,10-14H2. The van der Waals surface area contributed by atoms with Gasteiger partial charge in [-0.25, -0.2) is 19.4 Å². The highest BCUT2D eigenvalue weighted by molar-refractivity contribution is 5.77. The highest BCUT2D eigenvalue weighted by atomic mass is 19.4. The first-order valence-corrected chi connectivity index (χ1v) is 13.1. The fourth-order valence-corrected chi connectivity index (χ4v) is 6.40. The SMILES string of the molecule is O=C(N1CC(c2ccc(N3CCC(C(F)(F)F)C3)nc2)C1)N1CC2(CC(n3cnc(C4(O)CC4)n3)C2)C1. The van der Waals surface area contributed by atoms with Gasteiger partial charge in [-0.2, -0.15) is 18.3 Å². The molecule has 0 radical (unpaired) electrons. The van der Waals surface area contributed by atoms with E-state index in [-0.39, 0.29) is 36.4 Å². The van der Waals surface area contributed by atoms with E-state index in [1.54, 1.807) is 23.5 Å². The molecule has 0 bridgehead atoms. The molecule has 3 aliphatic heterocycles. The minimum Gasteiger partial charge on any atom is -0.382 e. The van der Waals surface area contributed by atoms with Gasteiger partial charge in [-0.1, -0.05) is 6.07 Å². The van der Waals surface area contributed by atoms with E-state index in [0.29, 0.717) is 31.3 Å². The van der Waals surface area contributed by atoms with E-state index in [1.165, 1.54) is 0 Å². The molecule has 12 heteroatoms. The topological polar surface area (TPSA) is 90.6 Å². The number of carbonyl (C=O) groups excluding carboxylic acids is 1. The van der Waals surface area contributed by atoms with Crippen LogP contribution in [0.2, 0.25) is 0 Å². The summed E-state index contributed by atoms with van der Waals surface area (Å²) in [4.78, 5) is 27.1. The molecular formula is C25H30F3N7O2. The molecule has 5 heterocycles. The second kappa shape index (κ2) is 7.81. The van der Waals surface area contributed by atoms with Crippen LogP contribution in [-0.2, 0) is 5.60 Å². The Bertz CT molecular complexity index is 1190. The van der Waals surface area contributed by atoms with Gasteiger partial charge in [0.05, 0.1) is 12.0 Å². The van der Waals surface area contributed by atoms with Crippen LogP contribution >= 0.6 is 0 Å². The summed E-state index contributed by atoms with van der Waals surface area (Å²) in [7, 11) is 0. The van der Waals surface area contributed by atoms with Crippen molar-refractivity contribution >= 4 is 11.8 Å². The molecule has 2 aromatic rings. The molecule has 3 saturated heterocycles. The molecule has 37 heavy (non-hydrogen) atoms. The number of hydrogen-bond acceptors (Lipinski definition) is 6. The average molecular weight is 518 g/mol. The Kier molecular flexibility index (Phi) is 4.91. The molecule has 5 fully saturated rings. The number of pyridine rings is 1. The van der Waals surface area contributed by atoms with Gasteiger partial charge in [0.2, 0.25) is 0 Å². The quantitative estimate of drug-likeness (QED) is 0.671. The zero-order chi connectivity index (χ0) is 25.6. The Morgan fingerprint density at radius 1 is 1.05 bits per heavy atom. The van der Waals surface area contributed by atoms with Crippen LogP contribution in [-0.4, -0.2) is 86.1 Å². The zero-order valence-electron chi connectivity index (χ0n) is 20.4. The summed E-state index contributed by atoms with van der Waals surface area (Å²) < 4.78 is 40.7. The number of anilines is 1. The van der Waals surface area contributed by atoms with Crippen molar-refractivity contribution in [3.63, 3.8) is 0 Å². The van der Waals surface area contributed by atoms with Crippen LogP contribution in [0.25, 0.3) is 0 Å². The van der Waals surface area contributed by atoms with Crippen LogP contribution in [0.3, 0.4) is 0 Å². The maximum Gasteiger partial charge on any atom is 0.393 e. The van der Waals surface area contributed by atoms with Gasteiger partial charge >= 0.3 is 12.2 Å². The van der Waals surface area contributed by atoms with Crippen LogP contribution in [0.5, 0.6) is 0 Å². The lowest BCUT2D eigenvalue weighted by Crippen LogP contribution is -2.67. The number of aliphatic hydroxyl groups is 1. The van der Waals surface area contributed by atoms with E-state index in [1.807, 2.05) is 20.5 Å². The number of alkyl halides is 3. The Morgan fingerprint density at radius 3 is 2.43 bits per heavy atom. The Balaban J connectivity index is 0.866. The van der Waals surface area contributed by atoms with E-state index in [0.717, 1.165) is 44.3 Å². The minimum atomic E-state index is -4.16. The molecule has 198 valence electrons.